The molecule has 1 aliphatic rings. The fourth-order valence-corrected chi connectivity index (χ4v) is 2.22. The van der Waals surface area contributed by atoms with Crippen molar-refractivity contribution in [2.45, 2.75) is 45.1 Å². The van der Waals surface area contributed by atoms with Crippen molar-refractivity contribution in [1.82, 2.24) is 9.78 Å². The van der Waals surface area contributed by atoms with Gasteiger partial charge in [0.15, 0.2) is 0 Å². The Kier molecular flexibility index (Phi) is 3.44. The molecule has 3 nitrogen and oxygen atoms in total. The van der Waals surface area contributed by atoms with Crippen molar-refractivity contribution < 1.29 is 0 Å². The van der Waals surface area contributed by atoms with Crippen molar-refractivity contribution in [3.05, 3.63) is 23.0 Å². The van der Waals surface area contributed by atoms with Crippen LogP contribution in [0.1, 0.15) is 44.0 Å². The second-order valence-corrected chi connectivity index (χ2v) is 4.68. The summed E-state index contributed by atoms with van der Waals surface area (Å²) >= 11 is 0. The molecule has 0 amide bonds. The second kappa shape index (κ2) is 4.83. The first-order chi connectivity index (χ1) is 7.69. The molecule has 0 spiro atoms. The largest absolute Gasteiger partial charge is 0.328 e. The van der Waals surface area contributed by atoms with Gasteiger partial charge in [0, 0.05) is 13.1 Å². The number of hydrogen-bond acceptors (Lipinski definition) is 2. The van der Waals surface area contributed by atoms with E-state index in [0.29, 0.717) is 6.04 Å². The van der Waals surface area contributed by atoms with Gasteiger partial charge in [-0.1, -0.05) is 12.5 Å². The number of nitrogens with two attached hydrogens (primary N) is 1. The van der Waals surface area contributed by atoms with E-state index in [1.54, 1.807) is 0 Å². The number of nitrogens with zero attached hydrogens (tertiary/aromatic N) is 2. The summed E-state index contributed by atoms with van der Waals surface area (Å²) in [6.45, 7) is 2.14. The molecular weight excluding hydrogens is 198 g/mol. The van der Waals surface area contributed by atoms with E-state index in [1.165, 1.54) is 17.0 Å². The van der Waals surface area contributed by atoms with Gasteiger partial charge >= 0.3 is 0 Å². The number of allylic oxidation sites excluding steroid dienone is 1. The van der Waals surface area contributed by atoms with Crippen LogP contribution < -0.4 is 5.73 Å². The molecule has 1 fully saturated rings. The van der Waals surface area contributed by atoms with Crippen molar-refractivity contribution >= 4 is 6.08 Å². The van der Waals surface area contributed by atoms with Crippen LogP contribution in [0.3, 0.4) is 0 Å². The maximum atomic E-state index is 5.90. The molecule has 0 bridgehead atoms. The highest BCUT2D eigenvalue weighted by molar-refractivity contribution is 5.50. The monoisotopic (exact) mass is 219 g/mol. The highest BCUT2D eigenvalue weighted by Gasteiger charge is 2.13. The molecule has 0 aliphatic heterocycles. The van der Waals surface area contributed by atoms with Crippen molar-refractivity contribution in [3.8, 4) is 0 Å². The maximum Gasteiger partial charge on any atom is 0.0628 e. The topological polar surface area (TPSA) is 43.8 Å². The normalized spacial score (nSPS) is 21.2. The third kappa shape index (κ3) is 2.53. The van der Waals surface area contributed by atoms with Crippen LogP contribution in [-0.2, 0) is 13.5 Å². The standard InChI is InChI=1S/C13H21N3/c1-3-12-9-13(16(2)15-12)8-10-4-6-11(14)7-5-10/h8-9,11H,3-7,14H2,1-2H3. The lowest BCUT2D eigenvalue weighted by Crippen LogP contribution is -2.23. The van der Waals surface area contributed by atoms with Crippen molar-refractivity contribution in [2.24, 2.45) is 12.8 Å². The van der Waals surface area contributed by atoms with Gasteiger partial charge in [-0.2, -0.15) is 5.10 Å². The van der Waals surface area contributed by atoms with Crippen molar-refractivity contribution in [3.63, 3.8) is 0 Å². The zero-order valence-corrected chi connectivity index (χ0v) is 10.2. The second-order valence-electron chi connectivity index (χ2n) is 4.68. The Morgan fingerprint density at radius 1 is 1.50 bits per heavy atom. The van der Waals surface area contributed by atoms with Crippen LogP contribution in [0.15, 0.2) is 11.6 Å². The highest BCUT2D eigenvalue weighted by atomic mass is 15.3. The van der Waals surface area contributed by atoms with Crippen LogP contribution in [0.4, 0.5) is 0 Å². The van der Waals surface area contributed by atoms with Gasteiger partial charge in [-0.15, -0.1) is 0 Å². The molecule has 16 heavy (non-hydrogen) atoms. The number of hydrogen-bond donors (Lipinski definition) is 1. The van der Waals surface area contributed by atoms with E-state index in [-0.39, 0.29) is 0 Å². The van der Waals surface area contributed by atoms with Crippen LogP contribution in [0.2, 0.25) is 0 Å². The van der Waals surface area contributed by atoms with Gasteiger partial charge in [-0.05, 0) is 44.2 Å². The van der Waals surface area contributed by atoms with Gasteiger partial charge in [-0.25, -0.2) is 0 Å². The van der Waals surface area contributed by atoms with E-state index < -0.39 is 0 Å². The number of aromatic nitrogens is 2. The molecule has 1 aliphatic carbocycles. The molecule has 1 aromatic rings. The van der Waals surface area contributed by atoms with Gasteiger partial charge < -0.3 is 5.73 Å². The minimum atomic E-state index is 0.412. The van der Waals surface area contributed by atoms with Gasteiger partial charge in [-0.3, -0.25) is 4.68 Å². The quantitative estimate of drug-likeness (QED) is 0.829. The maximum absolute atomic E-state index is 5.90. The SMILES string of the molecule is CCc1cc(C=C2CCC(N)CC2)n(C)n1. The van der Waals surface area contributed by atoms with E-state index >= 15 is 0 Å². The molecule has 0 saturated heterocycles. The summed E-state index contributed by atoms with van der Waals surface area (Å²) in [4.78, 5) is 0. The Labute approximate surface area is 97.3 Å². The molecule has 2 N–H and O–H groups in total. The summed E-state index contributed by atoms with van der Waals surface area (Å²) in [5, 5.41) is 4.46. The van der Waals surface area contributed by atoms with E-state index in [0.717, 1.165) is 32.1 Å². The fourth-order valence-electron chi connectivity index (χ4n) is 2.22. The van der Waals surface area contributed by atoms with E-state index in [4.69, 9.17) is 5.73 Å². The smallest absolute Gasteiger partial charge is 0.0628 e. The lowest BCUT2D eigenvalue weighted by atomic mass is 9.91. The third-order valence-electron chi connectivity index (χ3n) is 3.35. The number of rotatable bonds is 2. The summed E-state index contributed by atoms with van der Waals surface area (Å²) in [6, 6.07) is 2.59. The summed E-state index contributed by atoms with van der Waals surface area (Å²) < 4.78 is 1.97. The van der Waals surface area contributed by atoms with Crippen molar-refractivity contribution in [1.29, 1.82) is 0 Å². The Morgan fingerprint density at radius 3 is 2.75 bits per heavy atom. The molecule has 0 atom stereocenters. The van der Waals surface area contributed by atoms with Crippen LogP contribution in [0.5, 0.6) is 0 Å². The predicted molar refractivity (Wildman–Crippen MR) is 67.0 cm³/mol. The lowest BCUT2D eigenvalue weighted by Gasteiger charge is -2.19. The molecular formula is C13H21N3. The molecule has 0 unspecified atom stereocenters. The molecule has 0 aromatic carbocycles. The van der Waals surface area contributed by atoms with E-state index in [1.807, 2.05) is 11.7 Å². The van der Waals surface area contributed by atoms with Crippen LogP contribution in [0.25, 0.3) is 6.08 Å². The van der Waals surface area contributed by atoms with E-state index in [2.05, 4.69) is 24.2 Å². The minimum Gasteiger partial charge on any atom is -0.328 e. The lowest BCUT2D eigenvalue weighted by molar-refractivity contribution is 0.514. The van der Waals surface area contributed by atoms with Crippen LogP contribution >= 0.6 is 0 Å². The first-order valence-electron chi connectivity index (χ1n) is 6.17. The minimum absolute atomic E-state index is 0.412. The molecule has 88 valence electrons. The summed E-state index contributed by atoms with van der Waals surface area (Å²) in [5.41, 5.74) is 9.81. The molecule has 0 radical (unpaired) electrons. The fraction of sp³-hybridized carbons (Fsp3) is 0.615. The first kappa shape index (κ1) is 11.4. The van der Waals surface area contributed by atoms with Gasteiger partial charge in [0.05, 0.1) is 11.4 Å². The molecule has 1 saturated carbocycles. The Balaban J connectivity index is 2.12. The molecule has 3 heteroatoms. The van der Waals surface area contributed by atoms with Gasteiger partial charge in [0.2, 0.25) is 0 Å². The van der Waals surface area contributed by atoms with E-state index in [9.17, 15) is 0 Å². The first-order valence-corrected chi connectivity index (χ1v) is 6.17. The Bertz CT molecular complexity index is 380. The number of aryl methyl sites for hydroxylation is 2. The summed E-state index contributed by atoms with van der Waals surface area (Å²) in [6.07, 6.45) is 7.84. The Morgan fingerprint density at radius 2 is 2.19 bits per heavy atom. The molecule has 1 aromatic heterocycles. The third-order valence-corrected chi connectivity index (χ3v) is 3.35. The summed E-state index contributed by atoms with van der Waals surface area (Å²) in [7, 11) is 2.01. The zero-order chi connectivity index (χ0) is 11.5. The Hall–Kier alpha value is -1.09. The summed E-state index contributed by atoms with van der Waals surface area (Å²) in [5.74, 6) is 0. The average molecular weight is 219 g/mol. The zero-order valence-electron chi connectivity index (χ0n) is 10.2. The van der Waals surface area contributed by atoms with Gasteiger partial charge in [0.1, 0.15) is 0 Å². The average Bonchev–Trinajstić information content (AvgIpc) is 2.63. The highest BCUT2D eigenvalue weighted by Crippen LogP contribution is 2.24. The van der Waals surface area contributed by atoms with Crippen LogP contribution in [-0.4, -0.2) is 15.8 Å². The van der Waals surface area contributed by atoms with Gasteiger partial charge in [0.25, 0.3) is 0 Å². The van der Waals surface area contributed by atoms with Crippen molar-refractivity contribution in [2.75, 3.05) is 0 Å². The van der Waals surface area contributed by atoms with Crippen LogP contribution in [0, 0.1) is 0 Å². The molecule has 2 rings (SSSR count). The predicted octanol–water partition coefficient (Wildman–Crippen LogP) is 2.27. The molecule has 1 heterocycles.